The van der Waals surface area contributed by atoms with Gasteiger partial charge < -0.3 is 10.2 Å². The van der Waals surface area contributed by atoms with Gasteiger partial charge in [0.15, 0.2) is 0 Å². The van der Waals surface area contributed by atoms with Crippen LogP contribution in [0.4, 0.5) is 11.6 Å². The molecule has 0 bridgehead atoms. The van der Waals surface area contributed by atoms with Gasteiger partial charge in [-0.1, -0.05) is 13.8 Å². The number of anilines is 2. The van der Waals surface area contributed by atoms with Crippen molar-refractivity contribution in [2.24, 2.45) is 5.92 Å². The van der Waals surface area contributed by atoms with Gasteiger partial charge in [0.05, 0.1) is 0 Å². The number of aromatic nitrogens is 2. The summed E-state index contributed by atoms with van der Waals surface area (Å²) < 4.78 is 0. The minimum absolute atomic E-state index is 0.593. The summed E-state index contributed by atoms with van der Waals surface area (Å²) in [5.74, 6) is 4.35. The van der Waals surface area contributed by atoms with E-state index < -0.39 is 0 Å². The highest BCUT2D eigenvalue weighted by Gasteiger charge is 2.27. The highest BCUT2D eigenvalue weighted by atomic mass is 15.2. The Morgan fingerprint density at radius 1 is 1.37 bits per heavy atom. The second kappa shape index (κ2) is 6.22. The first-order valence-electron chi connectivity index (χ1n) is 7.44. The van der Waals surface area contributed by atoms with Gasteiger partial charge in [0.2, 0.25) is 0 Å². The molecule has 4 nitrogen and oxygen atoms in total. The van der Waals surface area contributed by atoms with Crippen LogP contribution in [0.3, 0.4) is 0 Å². The maximum absolute atomic E-state index is 4.73. The number of hydrogen-bond donors (Lipinski definition) is 1. The standard InChI is InChI=1S/C15H26N4/c1-5-16-13-10-14(19(4)9-8-11(2)3)18-15(17-13)12-6-7-12/h10-12H,5-9H2,1-4H3,(H,16,17,18). The Labute approximate surface area is 116 Å². The van der Waals surface area contributed by atoms with E-state index in [0.29, 0.717) is 5.92 Å². The maximum Gasteiger partial charge on any atom is 0.136 e. The van der Waals surface area contributed by atoms with Crippen LogP contribution in [0.1, 0.15) is 51.8 Å². The summed E-state index contributed by atoms with van der Waals surface area (Å²) in [5, 5.41) is 3.31. The Morgan fingerprint density at radius 2 is 2.11 bits per heavy atom. The highest BCUT2D eigenvalue weighted by Crippen LogP contribution is 2.39. The topological polar surface area (TPSA) is 41.0 Å². The zero-order valence-electron chi connectivity index (χ0n) is 12.6. The zero-order chi connectivity index (χ0) is 13.8. The summed E-state index contributed by atoms with van der Waals surface area (Å²) in [5.41, 5.74) is 0. The van der Waals surface area contributed by atoms with E-state index in [1.54, 1.807) is 0 Å². The summed E-state index contributed by atoms with van der Waals surface area (Å²) in [6, 6.07) is 2.07. The van der Waals surface area contributed by atoms with Crippen LogP contribution in [-0.4, -0.2) is 30.1 Å². The fraction of sp³-hybridized carbons (Fsp3) is 0.733. The molecule has 1 aromatic heterocycles. The van der Waals surface area contributed by atoms with Crippen molar-refractivity contribution in [3.8, 4) is 0 Å². The van der Waals surface area contributed by atoms with Gasteiger partial charge in [-0.25, -0.2) is 9.97 Å². The van der Waals surface area contributed by atoms with Crippen molar-refractivity contribution in [3.05, 3.63) is 11.9 Å². The molecule has 1 saturated carbocycles. The Balaban J connectivity index is 2.12. The van der Waals surface area contributed by atoms with Gasteiger partial charge in [-0.3, -0.25) is 0 Å². The third kappa shape index (κ3) is 4.08. The molecule has 0 unspecified atom stereocenters. The van der Waals surface area contributed by atoms with Crippen molar-refractivity contribution in [2.45, 2.75) is 46.0 Å². The summed E-state index contributed by atoms with van der Waals surface area (Å²) in [4.78, 5) is 11.6. The molecule has 0 spiro atoms. The van der Waals surface area contributed by atoms with Crippen molar-refractivity contribution in [1.82, 2.24) is 9.97 Å². The van der Waals surface area contributed by atoms with Gasteiger partial charge in [-0.15, -0.1) is 0 Å². The van der Waals surface area contributed by atoms with E-state index in [1.807, 2.05) is 0 Å². The Morgan fingerprint density at radius 3 is 2.68 bits per heavy atom. The number of rotatable bonds is 7. The molecule has 1 N–H and O–H groups in total. The Kier molecular flexibility index (Phi) is 4.61. The van der Waals surface area contributed by atoms with Crippen molar-refractivity contribution < 1.29 is 0 Å². The Bertz CT molecular complexity index is 413. The number of nitrogens with zero attached hydrogens (tertiary/aromatic N) is 3. The van der Waals surface area contributed by atoms with Crippen molar-refractivity contribution in [1.29, 1.82) is 0 Å². The molecule has 0 aromatic carbocycles. The monoisotopic (exact) mass is 262 g/mol. The van der Waals surface area contributed by atoms with Crippen LogP contribution in [0.25, 0.3) is 0 Å². The first kappa shape index (κ1) is 14.1. The van der Waals surface area contributed by atoms with Gasteiger partial charge >= 0.3 is 0 Å². The SMILES string of the molecule is CCNc1cc(N(C)CCC(C)C)nc(C2CC2)n1. The lowest BCUT2D eigenvalue weighted by Crippen LogP contribution is -2.22. The minimum atomic E-state index is 0.593. The van der Waals surface area contributed by atoms with E-state index in [4.69, 9.17) is 4.98 Å². The molecule has 19 heavy (non-hydrogen) atoms. The van der Waals surface area contributed by atoms with E-state index in [0.717, 1.165) is 36.5 Å². The highest BCUT2D eigenvalue weighted by molar-refractivity contribution is 5.49. The van der Waals surface area contributed by atoms with Crippen LogP contribution in [0.15, 0.2) is 6.07 Å². The van der Waals surface area contributed by atoms with Gasteiger partial charge in [0.1, 0.15) is 17.5 Å². The lowest BCUT2D eigenvalue weighted by Gasteiger charge is -2.20. The smallest absolute Gasteiger partial charge is 0.136 e. The molecule has 0 radical (unpaired) electrons. The lowest BCUT2D eigenvalue weighted by atomic mass is 10.1. The molecule has 2 rings (SSSR count). The molecule has 1 heterocycles. The quantitative estimate of drug-likeness (QED) is 0.819. The minimum Gasteiger partial charge on any atom is -0.370 e. The third-order valence-electron chi connectivity index (χ3n) is 3.46. The van der Waals surface area contributed by atoms with E-state index in [1.165, 1.54) is 19.3 Å². The zero-order valence-corrected chi connectivity index (χ0v) is 12.6. The van der Waals surface area contributed by atoms with Crippen LogP contribution in [0.5, 0.6) is 0 Å². The molecule has 1 aromatic rings. The summed E-state index contributed by atoms with van der Waals surface area (Å²) in [6.45, 7) is 8.56. The molecule has 1 aliphatic rings. The third-order valence-corrected chi connectivity index (χ3v) is 3.46. The Hall–Kier alpha value is -1.32. The van der Waals surface area contributed by atoms with E-state index >= 15 is 0 Å². The molecular formula is C15H26N4. The maximum atomic E-state index is 4.73. The van der Waals surface area contributed by atoms with Crippen LogP contribution < -0.4 is 10.2 Å². The van der Waals surface area contributed by atoms with Crippen molar-refractivity contribution in [2.75, 3.05) is 30.4 Å². The fourth-order valence-corrected chi connectivity index (χ4v) is 2.01. The summed E-state index contributed by atoms with van der Waals surface area (Å²) in [6.07, 6.45) is 3.67. The lowest BCUT2D eigenvalue weighted by molar-refractivity contribution is 0.583. The average Bonchev–Trinajstić information content (AvgIpc) is 3.20. The molecule has 0 aliphatic heterocycles. The predicted octanol–water partition coefficient (Wildman–Crippen LogP) is 3.27. The fourth-order valence-electron chi connectivity index (χ4n) is 2.01. The number of hydrogen-bond acceptors (Lipinski definition) is 4. The van der Waals surface area contributed by atoms with Gasteiger partial charge in [0, 0.05) is 32.1 Å². The molecule has 1 fully saturated rings. The van der Waals surface area contributed by atoms with Crippen LogP contribution in [-0.2, 0) is 0 Å². The van der Waals surface area contributed by atoms with Gasteiger partial charge in [-0.2, -0.15) is 0 Å². The van der Waals surface area contributed by atoms with E-state index in [-0.39, 0.29) is 0 Å². The van der Waals surface area contributed by atoms with Crippen LogP contribution in [0, 0.1) is 5.92 Å². The van der Waals surface area contributed by atoms with Crippen LogP contribution >= 0.6 is 0 Å². The van der Waals surface area contributed by atoms with Crippen molar-refractivity contribution in [3.63, 3.8) is 0 Å². The molecule has 106 valence electrons. The van der Waals surface area contributed by atoms with Gasteiger partial charge in [0.25, 0.3) is 0 Å². The largest absolute Gasteiger partial charge is 0.370 e. The first-order valence-corrected chi connectivity index (χ1v) is 7.44. The number of nitrogens with one attached hydrogen (secondary N) is 1. The molecule has 0 amide bonds. The normalized spacial score (nSPS) is 14.8. The average molecular weight is 262 g/mol. The van der Waals surface area contributed by atoms with E-state index in [9.17, 15) is 0 Å². The van der Waals surface area contributed by atoms with Gasteiger partial charge in [-0.05, 0) is 32.1 Å². The molecular weight excluding hydrogens is 236 g/mol. The van der Waals surface area contributed by atoms with E-state index in [2.05, 4.69) is 49.1 Å². The summed E-state index contributed by atoms with van der Waals surface area (Å²) in [7, 11) is 2.12. The van der Waals surface area contributed by atoms with Crippen molar-refractivity contribution >= 4 is 11.6 Å². The first-order chi connectivity index (χ1) is 9.10. The molecule has 1 aliphatic carbocycles. The second-order valence-electron chi connectivity index (χ2n) is 5.88. The summed E-state index contributed by atoms with van der Waals surface area (Å²) >= 11 is 0. The predicted molar refractivity (Wildman–Crippen MR) is 80.9 cm³/mol. The molecule has 4 heteroatoms. The molecule has 0 atom stereocenters. The second-order valence-corrected chi connectivity index (χ2v) is 5.88. The molecule has 0 saturated heterocycles. The van der Waals surface area contributed by atoms with Crippen LogP contribution in [0.2, 0.25) is 0 Å².